The minimum atomic E-state index is -3.96. The highest BCUT2D eigenvalue weighted by atomic mass is 32.2. The number of benzene rings is 1. The van der Waals surface area contributed by atoms with Crippen molar-refractivity contribution in [3.8, 4) is 0 Å². The second-order valence-electron chi connectivity index (χ2n) is 9.35. The van der Waals surface area contributed by atoms with Crippen molar-refractivity contribution in [1.29, 1.82) is 0 Å². The molecule has 2 N–H and O–H groups in total. The molecule has 2 fully saturated rings. The van der Waals surface area contributed by atoms with Crippen LogP contribution in [-0.2, 0) is 10.0 Å². The zero-order valence-corrected chi connectivity index (χ0v) is 18.9. The minimum Gasteiger partial charge on any atom is -0.346 e. The number of rotatable bonds is 6. The molecule has 0 spiro atoms. The molecule has 4 atom stereocenters. The quantitative estimate of drug-likeness (QED) is 0.505. The summed E-state index contributed by atoms with van der Waals surface area (Å²) in [6.45, 7) is 6.33. The summed E-state index contributed by atoms with van der Waals surface area (Å²) in [6.07, 6.45) is 3.25. The highest BCUT2D eigenvalue weighted by Gasteiger charge is 2.67. The standard InChI is InChI=1S/C22H26N4O5S/c1-21(2)16-11-12-22(21,3)19(24-20(27)17-6-4-5-13-23-17)18(16)25-32(30,31)15-9-7-14(8-10-15)26(28)29/h4-10,13,16,18-19,25H,11-12H2,1-3H3,(H,24,27)/t16-,18-,19-,22+/m1/s1. The molecule has 170 valence electrons. The molecule has 32 heavy (non-hydrogen) atoms. The first-order valence-corrected chi connectivity index (χ1v) is 11.9. The number of non-ortho nitro benzene ring substituents is 1. The Morgan fingerprint density at radius 2 is 1.84 bits per heavy atom. The van der Waals surface area contributed by atoms with Crippen LogP contribution in [0.25, 0.3) is 0 Å². The fourth-order valence-electron chi connectivity index (χ4n) is 5.48. The van der Waals surface area contributed by atoms with Gasteiger partial charge in [0.2, 0.25) is 10.0 Å². The van der Waals surface area contributed by atoms with E-state index in [0.29, 0.717) is 0 Å². The summed E-state index contributed by atoms with van der Waals surface area (Å²) in [5.41, 5.74) is -0.436. The third-order valence-corrected chi connectivity index (χ3v) is 9.16. The molecule has 2 aliphatic rings. The molecule has 1 aromatic heterocycles. The van der Waals surface area contributed by atoms with Crippen molar-refractivity contribution < 1.29 is 18.1 Å². The third-order valence-electron chi connectivity index (χ3n) is 7.69. The van der Waals surface area contributed by atoms with Crippen molar-refractivity contribution in [3.05, 3.63) is 64.5 Å². The first kappa shape index (κ1) is 22.3. The van der Waals surface area contributed by atoms with Gasteiger partial charge in [0.05, 0.1) is 15.9 Å². The van der Waals surface area contributed by atoms with Gasteiger partial charge in [-0.25, -0.2) is 13.1 Å². The molecule has 0 unspecified atom stereocenters. The van der Waals surface area contributed by atoms with Gasteiger partial charge in [0.25, 0.3) is 11.6 Å². The fourth-order valence-corrected chi connectivity index (χ4v) is 6.77. The molecule has 1 aromatic carbocycles. The van der Waals surface area contributed by atoms with Gasteiger partial charge in [0, 0.05) is 24.4 Å². The molecule has 0 saturated heterocycles. The van der Waals surface area contributed by atoms with Crippen LogP contribution in [0.3, 0.4) is 0 Å². The average molecular weight is 459 g/mol. The van der Waals surface area contributed by atoms with E-state index in [4.69, 9.17) is 0 Å². The maximum absolute atomic E-state index is 13.2. The number of carbonyl (C=O) groups excluding carboxylic acids is 1. The van der Waals surface area contributed by atoms with Gasteiger partial charge in [0.1, 0.15) is 5.69 Å². The molecule has 9 nitrogen and oxygen atoms in total. The van der Waals surface area contributed by atoms with Crippen LogP contribution in [0.1, 0.15) is 44.1 Å². The van der Waals surface area contributed by atoms with Crippen LogP contribution >= 0.6 is 0 Å². The van der Waals surface area contributed by atoms with Crippen molar-refractivity contribution in [1.82, 2.24) is 15.0 Å². The van der Waals surface area contributed by atoms with Crippen LogP contribution in [0.4, 0.5) is 5.69 Å². The number of sulfonamides is 1. The Morgan fingerprint density at radius 3 is 2.44 bits per heavy atom. The average Bonchev–Trinajstić information content (AvgIpc) is 3.07. The largest absolute Gasteiger partial charge is 0.346 e. The Bertz CT molecular complexity index is 1150. The summed E-state index contributed by atoms with van der Waals surface area (Å²) in [6, 6.07) is 8.90. The number of nitro groups is 1. The number of hydrogen-bond acceptors (Lipinski definition) is 6. The molecule has 10 heteroatoms. The zero-order chi connectivity index (χ0) is 23.3. The van der Waals surface area contributed by atoms with Gasteiger partial charge in [-0.2, -0.15) is 0 Å². The maximum Gasteiger partial charge on any atom is 0.270 e. The summed E-state index contributed by atoms with van der Waals surface area (Å²) in [7, 11) is -3.96. The number of aromatic nitrogens is 1. The lowest BCUT2D eigenvalue weighted by atomic mass is 9.69. The lowest BCUT2D eigenvalue weighted by Crippen LogP contribution is -2.57. The number of carbonyl (C=O) groups is 1. The van der Waals surface area contributed by atoms with Crippen LogP contribution in [0.15, 0.2) is 53.6 Å². The summed E-state index contributed by atoms with van der Waals surface area (Å²) < 4.78 is 29.1. The van der Waals surface area contributed by atoms with Crippen LogP contribution < -0.4 is 10.0 Å². The Hall–Kier alpha value is -2.85. The molecular weight excluding hydrogens is 432 g/mol. The maximum atomic E-state index is 13.2. The molecule has 2 aliphatic carbocycles. The predicted molar refractivity (Wildman–Crippen MR) is 117 cm³/mol. The Labute approximate surface area is 186 Å². The second kappa shape index (κ2) is 7.63. The minimum absolute atomic E-state index is 0.0226. The molecule has 4 rings (SSSR count). The monoisotopic (exact) mass is 458 g/mol. The number of amides is 1. The highest BCUT2D eigenvalue weighted by molar-refractivity contribution is 7.89. The Balaban J connectivity index is 1.64. The SMILES string of the molecule is CC1(C)[C@@H]2CC[C@@]1(C)[C@H](NC(=O)c1ccccn1)[C@@H]2NS(=O)(=O)c1ccc([N+](=O)[O-])cc1. The zero-order valence-electron chi connectivity index (χ0n) is 18.1. The molecule has 1 amide bonds. The second-order valence-corrected chi connectivity index (χ2v) is 11.1. The van der Waals surface area contributed by atoms with Crippen LogP contribution in [0.5, 0.6) is 0 Å². The molecule has 2 saturated carbocycles. The Morgan fingerprint density at radius 1 is 1.16 bits per heavy atom. The van der Waals surface area contributed by atoms with Crippen molar-refractivity contribution in [2.45, 2.75) is 50.6 Å². The van der Waals surface area contributed by atoms with Crippen LogP contribution in [0.2, 0.25) is 0 Å². The highest BCUT2D eigenvalue weighted by Crippen LogP contribution is 2.65. The van der Waals surface area contributed by atoms with E-state index in [1.165, 1.54) is 30.5 Å². The summed E-state index contributed by atoms with van der Waals surface area (Å²) in [5.74, 6) is -0.325. The molecule has 1 heterocycles. The topological polar surface area (TPSA) is 131 Å². The Kier molecular flexibility index (Phi) is 5.33. The van der Waals surface area contributed by atoms with Crippen LogP contribution in [0, 0.1) is 26.9 Å². The van der Waals surface area contributed by atoms with E-state index in [1.807, 2.05) is 0 Å². The van der Waals surface area contributed by atoms with Crippen molar-refractivity contribution in [2.75, 3.05) is 0 Å². The van der Waals surface area contributed by atoms with Gasteiger partial charge in [-0.05, 0) is 53.9 Å². The van der Waals surface area contributed by atoms with Gasteiger partial charge < -0.3 is 5.32 Å². The first-order valence-electron chi connectivity index (χ1n) is 10.5. The molecule has 0 aliphatic heterocycles. The van der Waals surface area contributed by atoms with Crippen molar-refractivity contribution in [2.24, 2.45) is 16.7 Å². The number of nitrogens with one attached hydrogen (secondary N) is 2. The number of hydrogen-bond donors (Lipinski definition) is 2. The fraction of sp³-hybridized carbons (Fsp3) is 0.455. The molecule has 0 radical (unpaired) electrons. The normalized spacial score (nSPS) is 28.4. The summed E-state index contributed by atoms with van der Waals surface area (Å²) in [5, 5.41) is 13.9. The number of pyridine rings is 1. The predicted octanol–water partition coefficient (Wildman–Crippen LogP) is 2.89. The number of fused-ring (bicyclic) bond motifs is 2. The van der Waals surface area contributed by atoms with E-state index in [9.17, 15) is 23.3 Å². The third kappa shape index (κ3) is 3.47. The lowest BCUT2D eigenvalue weighted by Gasteiger charge is -2.40. The first-order chi connectivity index (χ1) is 15.0. The van der Waals surface area contributed by atoms with E-state index in [2.05, 4.69) is 35.8 Å². The van der Waals surface area contributed by atoms with Crippen molar-refractivity contribution >= 4 is 21.6 Å². The summed E-state index contributed by atoms with van der Waals surface area (Å²) in [4.78, 5) is 27.3. The smallest absolute Gasteiger partial charge is 0.270 e. The van der Waals surface area contributed by atoms with E-state index in [1.54, 1.807) is 18.2 Å². The molecular formula is C22H26N4O5S. The molecule has 2 bridgehead atoms. The van der Waals surface area contributed by atoms with Gasteiger partial charge in [0.15, 0.2) is 0 Å². The van der Waals surface area contributed by atoms with E-state index in [0.717, 1.165) is 12.8 Å². The van der Waals surface area contributed by atoms with Gasteiger partial charge in [-0.3, -0.25) is 19.9 Å². The van der Waals surface area contributed by atoms with Crippen LogP contribution in [-0.4, -0.2) is 36.3 Å². The summed E-state index contributed by atoms with van der Waals surface area (Å²) >= 11 is 0. The van der Waals surface area contributed by atoms with E-state index >= 15 is 0 Å². The number of nitrogens with zero attached hydrogens (tertiary/aromatic N) is 2. The van der Waals surface area contributed by atoms with E-state index in [-0.39, 0.29) is 38.9 Å². The van der Waals surface area contributed by atoms with Gasteiger partial charge in [-0.15, -0.1) is 0 Å². The van der Waals surface area contributed by atoms with E-state index < -0.39 is 27.0 Å². The van der Waals surface area contributed by atoms with Gasteiger partial charge >= 0.3 is 0 Å². The lowest BCUT2D eigenvalue weighted by molar-refractivity contribution is -0.384. The van der Waals surface area contributed by atoms with Gasteiger partial charge in [-0.1, -0.05) is 26.8 Å². The molecule has 2 aromatic rings. The van der Waals surface area contributed by atoms with Crippen molar-refractivity contribution in [3.63, 3.8) is 0 Å². The number of nitro benzene ring substituents is 1.